The van der Waals surface area contributed by atoms with Gasteiger partial charge in [0.15, 0.2) is 0 Å². The molecule has 0 aliphatic carbocycles. The van der Waals surface area contributed by atoms with E-state index in [4.69, 9.17) is 14.0 Å². The van der Waals surface area contributed by atoms with Gasteiger partial charge in [0, 0.05) is 0 Å². The maximum absolute atomic E-state index is 15.8. The zero-order valence-electron chi connectivity index (χ0n) is 23.1. The van der Waals surface area contributed by atoms with Gasteiger partial charge >= 0.3 is 243 Å². The molecule has 1 aliphatic rings. The fraction of sp³-hybridized carbons (Fsp3) is 0.147. The SMILES string of the molecule is CCOC(=O)C1=CP(c2ccccc2)(c2ccccc2)(c2ccccc2)OC1(/C=C/c1ccccc1OC)C(F)(F)F. The van der Waals surface area contributed by atoms with Crippen molar-refractivity contribution in [3.05, 3.63) is 138 Å². The van der Waals surface area contributed by atoms with Crippen molar-refractivity contribution in [2.24, 2.45) is 0 Å². The second-order valence-electron chi connectivity index (χ2n) is 9.77. The van der Waals surface area contributed by atoms with Gasteiger partial charge in [-0.15, -0.1) is 0 Å². The van der Waals surface area contributed by atoms with Crippen LogP contribution in [0.4, 0.5) is 13.2 Å². The first-order valence-electron chi connectivity index (χ1n) is 13.4. The minimum atomic E-state index is -5.07. The monoisotopic (exact) mass is 590 g/mol. The maximum atomic E-state index is 15.8. The van der Waals surface area contributed by atoms with E-state index in [1.807, 2.05) is 0 Å². The van der Waals surface area contributed by atoms with Gasteiger partial charge in [-0.05, 0) is 0 Å². The summed E-state index contributed by atoms with van der Waals surface area (Å²) < 4.78 is 64.8. The number of alkyl halides is 3. The van der Waals surface area contributed by atoms with Crippen LogP contribution in [0, 0.1) is 0 Å². The van der Waals surface area contributed by atoms with Gasteiger partial charge in [-0.3, -0.25) is 0 Å². The van der Waals surface area contributed by atoms with Crippen LogP contribution in [0.15, 0.2) is 133 Å². The van der Waals surface area contributed by atoms with Crippen LogP contribution in [-0.4, -0.2) is 31.5 Å². The van der Waals surface area contributed by atoms with Crippen molar-refractivity contribution in [2.75, 3.05) is 13.7 Å². The quantitative estimate of drug-likeness (QED) is 0.165. The third-order valence-electron chi connectivity index (χ3n) is 7.47. The summed E-state index contributed by atoms with van der Waals surface area (Å²) in [5.74, 6) is 0.690. The summed E-state index contributed by atoms with van der Waals surface area (Å²) in [5.41, 5.74) is -3.40. The fourth-order valence-corrected chi connectivity index (χ4v) is 11.2. The van der Waals surface area contributed by atoms with Crippen LogP contribution in [0.1, 0.15) is 12.5 Å². The Bertz CT molecular complexity index is 1520. The van der Waals surface area contributed by atoms with Gasteiger partial charge in [-0.25, -0.2) is 0 Å². The molecular formula is C34H30F3O4P. The molecular weight excluding hydrogens is 560 g/mol. The molecule has 1 atom stereocenters. The minimum absolute atomic E-state index is 0.113. The van der Waals surface area contributed by atoms with Crippen LogP contribution in [0.3, 0.4) is 0 Å². The van der Waals surface area contributed by atoms with Crippen LogP contribution < -0.4 is 20.7 Å². The van der Waals surface area contributed by atoms with E-state index >= 15 is 13.2 Å². The molecule has 4 aromatic rings. The molecule has 0 N–H and O–H groups in total. The van der Waals surface area contributed by atoms with E-state index in [0.717, 1.165) is 6.08 Å². The predicted octanol–water partition coefficient (Wildman–Crippen LogP) is 6.93. The Morgan fingerprint density at radius 2 is 1.29 bits per heavy atom. The molecule has 1 heterocycles. The molecule has 1 unspecified atom stereocenters. The first kappa shape index (κ1) is 29.3. The number of benzene rings is 4. The zero-order chi connectivity index (χ0) is 29.9. The summed E-state index contributed by atoms with van der Waals surface area (Å²) in [6, 6.07) is 33.2. The van der Waals surface area contributed by atoms with Crippen molar-refractivity contribution < 1.29 is 32.0 Å². The van der Waals surface area contributed by atoms with E-state index in [2.05, 4.69) is 0 Å². The summed E-state index contributed by atoms with van der Waals surface area (Å²) in [6.45, 7) is -3.23. The van der Waals surface area contributed by atoms with Crippen LogP contribution in [-0.2, 0) is 14.1 Å². The molecule has 42 heavy (non-hydrogen) atoms. The van der Waals surface area contributed by atoms with E-state index in [-0.39, 0.29) is 6.61 Å². The number of ether oxygens (including phenoxy) is 2. The van der Waals surface area contributed by atoms with Crippen LogP contribution in [0.2, 0.25) is 0 Å². The van der Waals surface area contributed by atoms with Gasteiger partial charge in [0.05, 0.1) is 0 Å². The average molecular weight is 591 g/mol. The van der Waals surface area contributed by atoms with Gasteiger partial charge in [0.1, 0.15) is 0 Å². The Morgan fingerprint density at radius 3 is 1.74 bits per heavy atom. The molecule has 0 radical (unpaired) electrons. The Kier molecular flexibility index (Phi) is 7.84. The van der Waals surface area contributed by atoms with Crippen molar-refractivity contribution in [2.45, 2.75) is 18.7 Å². The van der Waals surface area contributed by atoms with E-state index in [0.29, 0.717) is 27.2 Å². The van der Waals surface area contributed by atoms with Gasteiger partial charge in [0.2, 0.25) is 0 Å². The van der Waals surface area contributed by atoms with Crippen molar-refractivity contribution in [3.8, 4) is 5.75 Å². The normalized spacial score (nSPS) is 20.3. The standard InChI is InChI=1S/C34H30F3O4P/c1-3-40-32(38)30-25-42(27-16-7-4-8-17-27,28-18-9-5-10-19-28,29-20-11-6-12-21-29)41-33(30,34(35,36)37)24-23-26-15-13-14-22-31(26)39-2/h4-25H,3H2,1-2H3/b24-23+. The molecule has 8 heteroatoms. The van der Waals surface area contributed by atoms with Crippen molar-refractivity contribution >= 4 is 34.8 Å². The van der Waals surface area contributed by atoms with E-state index in [9.17, 15) is 4.79 Å². The molecule has 4 nitrogen and oxygen atoms in total. The Hall–Kier alpha value is -4.19. The van der Waals surface area contributed by atoms with Crippen molar-refractivity contribution in [1.29, 1.82) is 0 Å². The Balaban J connectivity index is 1.95. The van der Waals surface area contributed by atoms with E-state index in [1.54, 1.807) is 122 Å². The number of para-hydroxylation sites is 1. The molecule has 0 spiro atoms. The number of methoxy groups -OCH3 is 1. The fourth-order valence-electron chi connectivity index (χ4n) is 5.56. The number of hydrogen-bond donors (Lipinski definition) is 0. The van der Waals surface area contributed by atoms with Gasteiger partial charge < -0.3 is 0 Å². The molecule has 0 bridgehead atoms. The number of rotatable bonds is 8. The summed E-state index contributed by atoms with van der Waals surface area (Å²) in [6.07, 6.45) is -2.86. The summed E-state index contributed by atoms with van der Waals surface area (Å²) in [4.78, 5) is 13.7. The molecule has 5 rings (SSSR count). The topological polar surface area (TPSA) is 44.8 Å². The van der Waals surface area contributed by atoms with Crippen LogP contribution >= 0.6 is 6.83 Å². The molecule has 0 fully saturated rings. The first-order chi connectivity index (χ1) is 20.2. The molecule has 1 aliphatic heterocycles. The third-order valence-corrected chi connectivity index (χ3v) is 12.9. The molecule has 0 aromatic heterocycles. The van der Waals surface area contributed by atoms with Crippen LogP contribution in [0.25, 0.3) is 6.08 Å². The molecule has 4 aromatic carbocycles. The van der Waals surface area contributed by atoms with Crippen LogP contribution in [0.5, 0.6) is 5.75 Å². The summed E-state index contributed by atoms with van der Waals surface area (Å²) in [7, 11) is 1.44. The second kappa shape index (κ2) is 11.2. The number of carbonyl (C=O) groups excluding carboxylic acids is 1. The van der Waals surface area contributed by atoms with Gasteiger partial charge in [-0.2, -0.15) is 0 Å². The van der Waals surface area contributed by atoms with Crippen molar-refractivity contribution in [1.82, 2.24) is 0 Å². The Morgan fingerprint density at radius 1 is 0.810 bits per heavy atom. The summed E-state index contributed by atoms with van der Waals surface area (Å²) in [5, 5.41) is 1.54. The molecule has 216 valence electrons. The molecule has 0 amide bonds. The third kappa shape index (κ3) is 4.54. The summed E-state index contributed by atoms with van der Waals surface area (Å²) >= 11 is 0. The number of halogens is 3. The van der Waals surface area contributed by atoms with Gasteiger partial charge in [-0.1, -0.05) is 0 Å². The molecule has 0 saturated carbocycles. The zero-order valence-corrected chi connectivity index (χ0v) is 24.0. The van der Waals surface area contributed by atoms with E-state index < -0.39 is 30.2 Å². The number of hydrogen-bond acceptors (Lipinski definition) is 4. The predicted molar refractivity (Wildman–Crippen MR) is 162 cm³/mol. The Labute approximate surface area is 243 Å². The second-order valence-corrected chi connectivity index (χ2v) is 14.0. The van der Waals surface area contributed by atoms with E-state index in [1.165, 1.54) is 19.0 Å². The van der Waals surface area contributed by atoms with Crippen molar-refractivity contribution in [3.63, 3.8) is 0 Å². The molecule has 0 saturated heterocycles. The number of esters is 1. The average Bonchev–Trinajstić information content (AvgIpc) is 3.37. The van der Waals surface area contributed by atoms with Gasteiger partial charge in [0.25, 0.3) is 0 Å². The number of carbonyl (C=O) groups is 1. The first-order valence-corrected chi connectivity index (χ1v) is 15.6.